The lowest BCUT2D eigenvalue weighted by Gasteiger charge is -2.30. The monoisotopic (exact) mass is 293 g/mol. The van der Waals surface area contributed by atoms with Gasteiger partial charge in [-0.2, -0.15) is 0 Å². The minimum atomic E-state index is -0.380. The first kappa shape index (κ1) is 17.3. The number of methoxy groups -OCH3 is 1. The van der Waals surface area contributed by atoms with Gasteiger partial charge in [0.15, 0.2) is 0 Å². The summed E-state index contributed by atoms with van der Waals surface area (Å²) in [5.41, 5.74) is 7.64. The van der Waals surface area contributed by atoms with Crippen molar-refractivity contribution >= 4 is 17.3 Å². The summed E-state index contributed by atoms with van der Waals surface area (Å²) in [6.45, 7) is 10.3. The molecule has 21 heavy (non-hydrogen) atoms. The molecule has 118 valence electrons. The molecule has 1 aromatic carbocycles. The van der Waals surface area contributed by atoms with Crippen molar-refractivity contribution in [2.75, 3.05) is 31.2 Å². The highest BCUT2D eigenvalue weighted by Gasteiger charge is 2.16. The molecular weight excluding hydrogens is 266 g/mol. The maximum atomic E-state index is 11.8. The Morgan fingerprint density at radius 3 is 2.43 bits per heavy atom. The summed E-state index contributed by atoms with van der Waals surface area (Å²) in [7, 11) is 1.37. The zero-order chi connectivity index (χ0) is 16.0. The van der Waals surface area contributed by atoms with E-state index in [-0.39, 0.29) is 5.97 Å². The molecule has 0 amide bonds. The van der Waals surface area contributed by atoms with Gasteiger partial charge in [-0.25, -0.2) is 4.79 Å². The molecule has 0 aliphatic heterocycles. The number of nitrogens with zero attached hydrogens (tertiary/aromatic N) is 1. The second kappa shape index (κ2) is 7.88. The van der Waals surface area contributed by atoms with E-state index < -0.39 is 0 Å². The predicted octanol–water partition coefficient (Wildman–Crippen LogP) is 2.59. The van der Waals surface area contributed by atoms with Gasteiger partial charge in [0.05, 0.1) is 24.0 Å². The fraction of sp³-hybridized carbons (Fsp3) is 0.562. The van der Waals surface area contributed by atoms with Crippen LogP contribution >= 0.6 is 0 Å². The number of benzene rings is 1. The first-order chi connectivity index (χ1) is 9.88. The van der Waals surface area contributed by atoms with Crippen LogP contribution in [0.1, 0.15) is 38.1 Å². The lowest BCUT2D eigenvalue weighted by atomic mass is 10.1. The molecular formula is C16H27N3O2. The Kier molecular flexibility index (Phi) is 6.49. The number of nitrogen functional groups attached to an aromatic ring is 1. The second-order valence-corrected chi connectivity index (χ2v) is 5.61. The molecule has 5 nitrogen and oxygen atoms in total. The molecule has 0 radical (unpaired) electrons. The molecule has 0 unspecified atom stereocenters. The second-order valence-electron chi connectivity index (χ2n) is 5.61. The number of ether oxygens (including phenoxy) is 1. The summed E-state index contributed by atoms with van der Waals surface area (Å²) < 4.78 is 4.79. The molecule has 0 bridgehead atoms. The highest BCUT2D eigenvalue weighted by molar-refractivity contribution is 5.98. The summed E-state index contributed by atoms with van der Waals surface area (Å²) in [4.78, 5) is 14.2. The predicted molar refractivity (Wildman–Crippen MR) is 87.7 cm³/mol. The molecule has 1 rings (SSSR count). The first-order valence-electron chi connectivity index (χ1n) is 7.34. The highest BCUT2D eigenvalue weighted by Crippen LogP contribution is 2.24. The number of nitrogens with one attached hydrogen (secondary N) is 1. The van der Waals surface area contributed by atoms with Crippen LogP contribution in [0.25, 0.3) is 0 Å². The van der Waals surface area contributed by atoms with Crippen molar-refractivity contribution in [3.8, 4) is 0 Å². The summed E-state index contributed by atoms with van der Waals surface area (Å²) in [6, 6.07) is 6.19. The summed E-state index contributed by atoms with van der Waals surface area (Å²) in [6.07, 6.45) is 0. The van der Waals surface area contributed by atoms with Crippen LogP contribution in [0, 0.1) is 0 Å². The SMILES string of the molecule is COC(=O)c1cccc(N)c1NCCN(C(C)C)C(C)C. The molecule has 0 aromatic heterocycles. The Labute approximate surface area is 127 Å². The van der Waals surface area contributed by atoms with E-state index in [1.165, 1.54) is 7.11 Å². The average molecular weight is 293 g/mol. The van der Waals surface area contributed by atoms with Crippen molar-refractivity contribution in [2.45, 2.75) is 39.8 Å². The van der Waals surface area contributed by atoms with Crippen molar-refractivity contribution < 1.29 is 9.53 Å². The fourth-order valence-corrected chi connectivity index (χ4v) is 2.47. The Bertz CT molecular complexity index is 465. The Hall–Kier alpha value is -1.75. The molecule has 1 aromatic rings. The van der Waals surface area contributed by atoms with Crippen LogP contribution in [0.15, 0.2) is 18.2 Å². The third-order valence-electron chi connectivity index (χ3n) is 3.50. The van der Waals surface area contributed by atoms with Crippen LogP contribution in [0.5, 0.6) is 0 Å². The van der Waals surface area contributed by atoms with Gasteiger partial charge in [-0.05, 0) is 39.8 Å². The van der Waals surface area contributed by atoms with Crippen LogP contribution in [-0.4, -0.2) is 43.2 Å². The summed E-state index contributed by atoms with van der Waals surface area (Å²) in [5.74, 6) is -0.380. The zero-order valence-corrected chi connectivity index (χ0v) is 13.6. The van der Waals surface area contributed by atoms with Gasteiger partial charge in [0.2, 0.25) is 0 Å². The van der Waals surface area contributed by atoms with Crippen molar-refractivity contribution in [1.82, 2.24) is 4.90 Å². The molecule has 0 spiro atoms. The van der Waals surface area contributed by atoms with Gasteiger partial charge >= 0.3 is 5.97 Å². The number of para-hydroxylation sites is 1. The minimum Gasteiger partial charge on any atom is -0.465 e. The lowest BCUT2D eigenvalue weighted by Crippen LogP contribution is -2.40. The quantitative estimate of drug-likeness (QED) is 0.597. The van der Waals surface area contributed by atoms with E-state index in [0.717, 1.165) is 6.54 Å². The number of hydrogen-bond acceptors (Lipinski definition) is 5. The molecule has 0 aliphatic carbocycles. The minimum absolute atomic E-state index is 0.380. The van der Waals surface area contributed by atoms with Crippen LogP contribution < -0.4 is 11.1 Å². The number of anilines is 2. The van der Waals surface area contributed by atoms with Crippen LogP contribution in [0.3, 0.4) is 0 Å². The molecule has 0 atom stereocenters. The van der Waals surface area contributed by atoms with E-state index in [9.17, 15) is 4.79 Å². The van der Waals surface area contributed by atoms with Gasteiger partial charge in [0.25, 0.3) is 0 Å². The highest BCUT2D eigenvalue weighted by atomic mass is 16.5. The maximum Gasteiger partial charge on any atom is 0.340 e. The van der Waals surface area contributed by atoms with Gasteiger partial charge < -0.3 is 15.8 Å². The van der Waals surface area contributed by atoms with Gasteiger partial charge in [-0.3, -0.25) is 4.90 Å². The van der Waals surface area contributed by atoms with Gasteiger partial charge in [0.1, 0.15) is 0 Å². The smallest absolute Gasteiger partial charge is 0.340 e. The zero-order valence-electron chi connectivity index (χ0n) is 13.6. The number of carbonyl (C=O) groups excluding carboxylic acids is 1. The third-order valence-corrected chi connectivity index (χ3v) is 3.50. The van der Waals surface area contributed by atoms with Crippen molar-refractivity contribution in [3.63, 3.8) is 0 Å². The first-order valence-corrected chi connectivity index (χ1v) is 7.34. The molecule has 5 heteroatoms. The maximum absolute atomic E-state index is 11.8. The normalized spacial score (nSPS) is 11.2. The lowest BCUT2D eigenvalue weighted by molar-refractivity contribution is 0.0602. The largest absolute Gasteiger partial charge is 0.465 e. The molecule has 0 heterocycles. The van der Waals surface area contributed by atoms with E-state index in [4.69, 9.17) is 10.5 Å². The Morgan fingerprint density at radius 2 is 1.90 bits per heavy atom. The fourth-order valence-electron chi connectivity index (χ4n) is 2.47. The van der Waals surface area contributed by atoms with Crippen molar-refractivity contribution in [2.24, 2.45) is 0 Å². The number of hydrogen-bond donors (Lipinski definition) is 2. The van der Waals surface area contributed by atoms with Crippen LogP contribution in [0.4, 0.5) is 11.4 Å². The molecule has 3 N–H and O–H groups in total. The van der Waals surface area contributed by atoms with E-state index >= 15 is 0 Å². The standard InChI is InChI=1S/C16H27N3O2/c1-11(2)19(12(3)4)10-9-18-15-13(16(20)21-5)7-6-8-14(15)17/h6-8,11-12,18H,9-10,17H2,1-5H3. The molecule has 0 fully saturated rings. The number of nitrogens with two attached hydrogens (primary N) is 1. The molecule has 0 saturated carbocycles. The van der Waals surface area contributed by atoms with Gasteiger partial charge in [0, 0.05) is 25.2 Å². The van der Waals surface area contributed by atoms with E-state index in [1.54, 1.807) is 18.2 Å². The number of esters is 1. The topological polar surface area (TPSA) is 67.6 Å². The van der Waals surface area contributed by atoms with E-state index in [2.05, 4.69) is 37.9 Å². The summed E-state index contributed by atoms with van der Waals surface area (Å²) in [5, 5.41) is 3.27. The van der Waals surface area contributed by atoms with E-state index in [1.807, 2.05) is 0 Å². The van der Waals surface area contributed by atoms with E-state index in [0.29, 0.717) is 35.6 Å². The number of rotatable bonds is 7. The van der Waals surface area contributed by atoms with Crippen LogP contribution in [-0.2, 0) is 4.74 Å². The third kappa shape index (κ3) is 4.63. The van der Waals surface area contributed by atoms with Crippen molar-refractivity contribution in [1.29, 1.82) is 0 Å². The Balaban J connectivity index is 2.77. The van der Waals surface area contributed by atoms with Crippen molar-refractivity contribution in [3.05, 3.63) is 23.8 Å². The average Bonchev–Trinajstić information content (AvgIpc) is 2.43. The molecule has 0 aliphatic rings. The summed E-state index contributed by atoms with van der Waals surface area (Å²) >= 11 is 0. The van der Waals surface area contributed by atoms with Gasteiger partial charge in [-0.15, -0.1) is 0 Å². The Morgan fingerprint density at radius 1 is 1.29 bits per heavy atom. The van der Waals surface area contributed by atoms with Gasteiger partial charge in [-0.1, -0.05) is 6.07 Å². The van der Waals surface area contributed by atoms with Crippen LogP contribution in [0.2, 0.25) is 0 Å². The number of carbonyl (C=O) groups is 1. The molecule has 0 saturated heterocycles.